The Bertz CT molecular complexity index is 368. The molecule has 3 nitrogen and oxygen atoms in total. The zero-order chi connectivity index (χ0) is 11.4. The van der Waals surface area contributed by atoms with Gasteiger partial charge in [0.25, 0.3) is 0 Å². The number of carboxylic acid groups (broad SMARTS) is 1. The highest BCUT2D eigenvalue weighted by Gasteiger charge is 2.22. The summed E-state index contributed by atoms with van der Waals surface area (Å²) in [5.74, 6) is -1.52. The van der Waals surface area contributed by atoms with Gasteiger partial charge < -0.3 is 9.84 Å². The minimum Gasteiger partial charge on any atom is -0.479 e. The number of carboxylic acids is 1. The van der Waals surface area contributed by atoms with Crippen LogP contribution in [0, 0.1) is 5.82 Å². The molecule has 0 saturated heterocycles. The Hall–Kier alpha value is -0.940. The van der Waals surface area contributed by atoms with Gasteiger partial charge in [0.2, 0.25) is 0 Å². The van der Waals surface area contributed by atoms with Gasteiger partial charge in [-0.2, -0.15) is 0 Å². The zero-order valence-corrected chi connectivity index (χ0v) is 9.62. The first-order chi connectivity index (χ1) is 7.06. The van der Waals surface area contributed by atoms with Crippen molar-refractivity contribution in [3.8, 4) is 0 Å². The molecule has 1 unspecified atom stereocenters. The molecule has 15 heavy (non-hydrogen) atoms. The molecular formula is C10H10BrFO3. The van der Waals surface area contributed by atoms with Gasteiger partial charge in [0.15, 0.2) is 6.10 Å². The molecule has 0 aromatic heterocycles. The molecular weight excluding hydrogens is 267 g/mol. The maximum absolute atomic E-state index is 12.8. The number of ether oxygens (including phenoxy) is 1. The first-order valence-electron chi connectivity index (χ1n) is 4.35. The van der Waals surface area contributed by atoms with Gasteiger partial charge in [0.05, 0.1) is 0 Å². The number of hydrogen-bond acceptors (Lipinski definition) is 2. The maximum atomic E-state index is 12.8. The fourth-order valence-electron chi connectivity index (χ4n) is 1.17. The van der Waals surface area contributed by atoms with Gasteiger partial charge in [0.1, 0.15) is 5.82 Å². The lowest BCUT2D eigenvalue weighted by molar-refractivity contribution is -0.150. The van der Waals surface area contributed by atoms with Crippen LogP contribution < -0.4 is 0 Å². The second kappa shape index (κ2) is 5.23. The third-order valence-electron chi connectivity index (χ3n) is 1.80. The van der Waals surface area contributed by atoms with Crippen LogP contribution in [0.3, 0.4) is 0 Å². The standard InChI is InChI=1S/C10H10BrFO3/c1-2-15-9(10(13)14)7-4-3-6(12)5-8(7)11/h3-5,9H,2H2,1H3,(H,13,14). The Morgan fingerprint density at radius 2 is 2.33 bits per heavy atom. The molecule has 1 aromatic carbocycles. The molecule has 5 heteroatoms. The van der Waals surface area contributed by atoms with Crippen LogP contribution in [0.4, 0.5) is 4.39 Å². The van der Waals surface area contributed by atoms with E-state index in [-0.39, 0.29) is 6.61 Å². The Balaban J connectivity index is 3.05. The molecule has 0 saturated carbocycles. The summed E-state index contributed by atoms with van der Waals surface area (Å²) in [6, 6.07) is 3.81. The van der Waals surface area contributed by atoms with Gasteiger partial charge in [-0.3, -0.25) is 0 Å². The summed E-state index contributed by atoms with van der Waals surface area (Å²) in [7, 11) is 0. The van der Waals surface area contributed by atoms with E-state index in [1.165, 1.54) is 18.2 Å². The van der Waals surface area contributed by atoms with E-state index >= 15 is 0 Å². The number of carbonyl (C=O) groups is 1. The van der Waals surface area contributed by atoms with Crippen molar-refractivity contribution in [1.29, 1.82) is 0 Å². The Kier molecular flexibility index (Phi) is 4.23. The Labute approximate surface area is 95.0 Å². The quantitative estimate of drug-likeness (QED) is 0.920. The molecule has 0 aliphatic carbocycles. The van der Waals surface area contributed by atoms with Crippen molar-refractivity contribution in [3.63, 3.8) is 0 Å². The van der Waals surface area contributed by atoms with E-state index in [4.69, 9.17) is 9.84 Å². The first kappa shape index (κ1) is 12.1. The van der Waals surface area contributed by atoms with E-state index in [1.54, 1.807) is 6.92 Å². The van der Waals surface area contributed by atoms with Gasteiger partial charge in [-0.15, -0.1) is 0 Å². The van der Waals surface area contributed by atoms with Gasteiger partial charge in [-0.1, -0.05) is 22.0 Å². The minimum absolute atomic E-state index is 0.279. The number of rotatable bonds is 4. The Morgan fingerprint density at radius 1 is 1.67 bits per heavy atom. The van der Waals surface area contributed by atoms with Crippen molar-refractivity contribution < 1.29 is 19.0 Å². The third kappa shape index (κ3) is 3.00. The molecule has 0 radical (unpaired) electrons. The van der Waals surface area contributed by atoms with Gasteiger partial charge in [-0.25, -0.2) is 9.18 Å². The maximum Gasteiger partial charge on any atom is 0.337 e. The SMILES string of the molecule is CCOC(C(=O)O)c1ccc(F)cc1Br. The second-order valence-corrected chi connectivity index (χ2v) is 3.69. The summed E-state index contributed by atoms with van der Waals surface area (Å²) in [6.07, 6.45) is -1.06. The average molecular weight is 277 g/mol. The zero-order valence-electron chi connectivity index (χ0n) is 8.04. The van der Waals surface area contributed by atoms with Crippen LogP contribution in [0.25, 0.3) is 0 Å². The van der Waals surface area contributed by atoms with Crippen LogP contribution in [-0.4, -0.2) is 17.7 Å². The van der Waals surface area contributed by atoms with E-state index in [9.17, 15) is 9.18 Å². The summed E-state index contributed by atoms with van der Waals surface area (Å²) in [6.45, 7) is 1.98. The summed E-state index contributed by atoms with van der Waals surface area (Å²) in [4.78, 5) is 10.9. The van der Waals surface area contributed by atoms with Gasteiger partial charge in [0, 0.05) is 16.6 Å². The van der Waals surface area contributed by atoms with E-state index in [0.29, 0.717) is 10.0 Å². The molecule has 1 N–H and O–H groups in total. The molecule has 1 atom stereocenters. The summed E-state index contributed by atoms with van der Waals surface area (Å²) >= 11 is 3.10. The summed E-state index contributed by atoms with van der Waals surface area (Å²) < 4.78 is 18.2. The lowest BCUT2D eigenvalue weighted by atomic mass is 10.1. The monoisotopic (exact) mass is 276 g/mol. The molecule has 0 bridgehead atoms. The average Bonchev–Trinajstić information content (AvgIpc) is 2.15. The first-order valence-corrected chi connectivity index (χ1v) is 5.15. The van der Waals surface area contributed by atoms with Crippen molar-refractivity contribution in [2.45, 2.75) is 13.0 Å². The van der Waals surface area contributed by atoms with E-state index in [2.05, 4.69) is 15.9 Å². The molecule has 0 fully saturated rings. The summed E-state index contributed by atoms with van der Waals surface area (Å²) in [5, 5.41) is 8.91. The van der Waals surface area contributed by atoms with Crippen molar-refractivity contribution in [1.82, 2.24) is 0 Å². The van der Waals surface area contributed by atoms with Crippen LogP contribution in [0.2, 0.25) is 0 Å². The molecule has 0 aliphatic rings. The number of hydrogen-bond donors (Lipinski definition) is 1. The fraction of sp³-hybridized carbons (Fsp3) is 0.300. The predicted octanol–water partition coefficient (Wildman–Crippen LogP) is 2.75. The van der Waals surface area contributed by atoms with E-state index in [0.717, 1.165) is 0 Å². The van der Waals surface area contributed by atoms with Crippen LogP contribution >= 0.6 is 15.9 Å². The van der Waals surface area contributed by atoms with Crippen molar-refractivity contribution in [2.24, 2.45) is 0 Å². The Morgan fingerprint density at radius 3 is 2.80 bits per heavy atom. The molecule has 1 rings (SSSR count). The smallest absolute Gasteiger partial charge is 0.337 e. The normalized spacial score (nSPS) is 12.5. The molecule has 0 spiro atoms. The second-order valence-electron chi connectivity index (χ2n) is 2.84. The van der Waals surface area contributed by atoms with Crippen molar-refractivity contribution in [2.75, 3.05) is 6.61 Å². The molecule has 0 amide bonds. The van der Waals surface area contributed by atoms with Crippen LogP contribution in [0.1, 0.15) is 18.6 Å². The molecule has 82 valence electrons. The third-order valence-corrected chi connectivity index (χ3v) is 2.49. The van der Waals surface area contributed by atoms with Crippen LogP contribution in [-0.2, 0) is 9.53 Å². The number of aliphatic carboxylic acids is 1. The summed E-state index contributed by atoms with van der Waals surface area (Å²) in [5.41, 5.74) is 0.408. The van der Waals surface area contributed by atoms with Crippen molar-refractivity contribution >= 4 is 21.9 Å². The fourth-order valence-corrected chi connectivity index (χ4v) is 1.73. The number of benzene rings is 1. The molecule has 0 aliphatic heterocycles. The lowest BCUT2D eigenvalue weighted by Crippen LogP contribution is -2.15. The number of halogens is 2. The highest BCUT2D eigenvalue weighted by Crippen LogP contribution is 2.27. The molecule has 0 heterocycles. The predicted molar refractivity (Wildman–Crippen MR) is 56.1 cm³/mol. The minimum atomic E-state index is -1.09. The van der Waals surface area contributed by atoms with Crippen molar-refractivity contribution in [3.05, 3.63) is 34.1 Å². The lowest BCUT2D eigenvalue weighted by Gasteiger charge is -2.14. The topological polar surface area (TPSA) is 46.5 Å². The van der Waals surface area contributed by atoms with Crippen LogP contribution in [0.5, 0.6) is 0 Å². The molecule has 1 aromatic rings. The van der Waals surface area contributed by atoms with Gasteiger partial charge >= 0.3 is 5.97 Å². The van der Waals surface area contributed by atoms with Crippen LogP contribution in [0.15, 0.2) is 22.7 Å². The highest BCUT2D eigenvalue weighted by molar-refractivity contribution is 9.10. The highest BCUT2D eigenvalue weighted by atomic mass is 79.9. The van der Waals surface area contributed by atoms with E-state index in [1.807, 2.05) is 0 Å². The van der Waals surface area contributed by atoms with E-state index < -0.39 is 17.9 Å². The van der Waals surface area contributed by atoms with Gasteiger partial charge in [-0.05, 0) is 19.1 Å². The largest absolute Gasteiger partial charge is 0.479 e.